The number of carboxylic acids is 1. The van der Waals surface area contributed by atoms with Gasteiger partial charge in [0.1, 0.15) is 17.8 Å². The summed E-state index contributed by atoms with van der Waals surface area (Å²) in [5, 5.41) is 8.88. The topological polar surface area (TPSA) is 80.7 Å². The highest BCUT2D eigenvalue weighted by atomic mass is 16.5. The molecule has 0 spiro atoms. The molecule has 0 rings (SSSR count). The normalized spacial score (nSPS) is 16.5. The number of Topliss-reactive ketones (excluding diaryl/α,β-unsaturated/α-hetero) is 2. The minimum atomic E-state index is -1.32. The molecule has 5 heteroatoms. The van der Waals surface area contributed by atoms with Gasteiger partial charge in [0.25, 0.3) is 0 Å². The molecule has 3 unspecified atom stereocenters. The third kappa shape index (κ3) is 3.43. The Morgan fingerprint density at radius 1 is 1.20 bits per heavy atom. The first-order chi connectivity index (χ1) is 6.82. The van der Waals surface area contributed by atoms with E-state index in [0.29, 0.717) is 0 Å². The minimum Gasteiger partial charge on any atom is -0.481 e. The third-order valence-corrected chi connectivity index (χ3v) is 2.47. The maximum atomic E-state index is 11.6. The molecule has 3 atom stereocenters. The maximum absolute atomic E-state index is 11.6. The lowest BCUT2D eigenvalue weighted by Crippen LogP contribution is -2.39. The molecule has 0 bridgehead atoms. The van der Waals surface area contributed by atoms with Crippen LogP contribution in [0.4, 0.5) is 0 Å². The van der Waals surface area contributed by atoms with Crippen molar-refractivity contribution in [2.75, 3.05) is 7.11 Å². The van der Waals surface area contributed by atoms with Gasteiger partial charge in [0.15, 0.2) is 5.78 Å². The highest BCUT2D eigenvalue weighted by Gasteiger charge is 2.36. The highest BCUT2D eigenvalue weighted by molar-refractivity contribution is 6.04. The van der Waals surface area contributed by atoms with Gasteiger partial charge in [0, 0.05) is 13.0 Å². The molecule has 0 aliphatic carbocycles. The standard InChI is InChI=1S/C10H16O5/c1-5(6(2)11)8(10(13)14)9(12)7(3)15-4/h5,7-8H,1-4H3,(H,13,14). The predicted octanol–water partition coefficient (Wildman–Crippen LogP) is 0.516. The van der Waals surface area contributed by atoms with Gasteiger partial charge in [-0.1, -0.05) is 6.92 Å². The molecule has 0 saturated carbocycles. The van der Waals surface area contributed by atoms with Gasteiger partial charge in [0.05, 0.1) is 0 Å². The van der Waals surface area contributed by atoms with Crippen molar-refractivity contribution >= 4 is 17.5 Å². The second-order valence-corrected chi connectivity index (χ2v) is 3.50. The first kappa shape index (κ1) is 13.8. The lowest BCUT2D eigenvalue weighted by molar-refractivity contribution is -0.154. The van der Waals surface area contributed by atoms with Crippen molar-refractivity contribution in [3.63, 3.8) is 0 Å². The number of ketones is 2. The van der Waals surface area contributed by atoms with Crippen LogP contribution in [0.15, 0.2) is 0 Å². The van der Waals surface area contributed by atoms with Crippen molar-refractivity contribution < 1.29 is 24.2 Å². The van der Waals surface area contributed by atoms with Crippen LogP contribution >= 0.6 is 0 Å². The number of carbonyl (C=O) groups is 3. The Labute approximate surface area is 88.4 Å². The molecule has 0 aliphatic heterocycles. The summed E-state index contributed by atoms with van der Waals surface area (Å²) in [5.74, 6) is -4.33. The number of rotatable bonds is 6. The van der Waals surface area contributed by atoms with Crippen molar-refractivity contribution in [2.45, 2.75) is 26.9 Å². The van der Waals surface area contributed by atoms with Crippen LogP contribution in [0.5, 0.6) is 0 Å². The summed E-state index contributed by atoms with van der Waals surface area (Å²) in [6.07, 6.45) is -0.812. The van der Waals surface area contributed by atoms with E-state index in [1.165, 1.54) is 27.9 Å². The molecule has 1 N–H and O–H groups in total. The Balaban J connectivity index is 4.90. The van der Waals surface area contributed by atoms with Crippen molar-refractivity contribution in [2.24, 2.45) is 11.8 Å². The molecule has 0 aromatic carbocycles. The summed E-state index contributed by atoms with van der Waals surface area (Å²) in [4.78, 5) is 33.5. The molecule has 0 aromatic heterocycles. The van der Waals surface area contributed by atoms with Crippen LogP contribution in [0, 0.1) is 11.8 Å². The van der Waals surface area contributed by atoms with E-state index in [1.54, 1.807) is 0 Å². The molecule has 0 radical (unpaired) electrons. The van der Waals surface area contributed by atoms with E-state index in [-0.39, 0.29) is 5.78 Å². The number of ether oxygens (including phenoxy) is 1. The summed E-state index contributed by atoms with van der Waals surface area (Å²) >= 11 is 0. The molecule has 0 heterocycles. The van der Waals surface area contributed by atoms with Crippen LogP contribution < -0.4 is 0 Å². The molecule has 86 valence electrons. The van der Waals surface area contributed by atoms with E-state index in [4.69, 9.17) is 9.84 Å². The van der Waals surface area contributed by atoms with Crippen molar-refractivity contribution in [1.29, 1.82) is 0 Å². The van der Waals surface area contributed by atoms with Crippen LogP contribution in [-0.4, -0.2) is 35.9 Å². The Kier molecular flexibility index (Phi) is 5.14. The van der Waals surface area contributed by atoms with Crippen LogP contribution in [-0.2, 0) is 19.1 Å². The molecular formula is C10H16O5. The van der Waals surface area contributed by atoms with E-state index in [2.05, 4.69) is 0 Å². The minimum absolute atomic E-state index is 0.320. The summed E-state index contributed by atoms with van der Waals surface area (Å²) in [6, 6.07) is 0. The number of hydrogen-bond acceptors (Lipinski definition) is 4. The van der Waals surface area contributed by atoms with Crippen molar-refractivity contribution in [1.82, 2.24) is 0 Å². The number of carboxylic acid groups (broad SMARTS) is 1. The highest BCUT2D eigenvalue weighted by Crippen LogP contribution is 2.17. The van der Waals surface area contributed by atoms with Crippen molar-refractivity contribution in [3.05, 3.63) is 0 Å². The van der Waals surface area contributed by atoms with E-state index >= 15 is 0 Å². The molecule has 0 fully saturated rings. The number of hydrogen-bond donors (Lipinski definition) is 1. The van der Waals surface area contributed by atoms with E-state index in [9.17, 15) is 14.4 Å². The van der Waals surface area contributed by atoms with Gasteiger partial charge in [-0.2, -0.15) is 0 Å². The van der Waals surface area contributed by atoms with E-state index in [0.717, 1.165) is 0 Å². The molecule has 15 heavy (non-hydrogen) atoms. The van der Waals surface area contributed by atoms with Crippen molar-refractivity contribution in [3.8, 4) is 0 Å². The van der Waals surface area contributed by atoms with Gasteiger partial charge < -0.3 is 9.84 Å². The van der Waals surface area contributed by atoms with Crippen LogP contribution in [0.1, 0.15) is 20.8 Å². The third-order valence-electron chi connectivity index (χ3n) is 2.47. The number of carbonyl (C=O) groups excluding carboxylic acids is 2. The molecule has 0 saturated heterocycles. The summed E-state index contributed by atoms with van der Waals surface area (Å²) in [5.41, 5.74) is 0. The summed E-state index contributed by atoms with van der Waals surface area (Å²) in [7, 11) is 1.32. The quantitative estimate of drug-likeness (QED) is 0.654. The molecule has 0 amide bonds. The van der Waals surface area contributed by atoms with E-state index < -0.39 is 29.7 Å². The zero-order valence-corrected chi connectivity index (χ0v) is 9.31. The fourth-order valence-corrected chi connectivity index (χ4v) is 1.19. The van der Waals surface area contributed by atoms with Gasteiger partial charge in [-0.05, 0) is 13.8 Å². The van der Waals surface area contributed by atoms with Crippen LogP contribution in [0.25, 0.3) is 0 Å². The van der Waals surface area contributed by atoms with E-state index in [1.807, 2.05) is 0 Å². The first-order valence-electron chi connectivity index (χ1n) is 4.62. The first-order valence-corrected chi connectivity index (χ1v) is 4.62. The lowest BCUT2D eigenvalue weighted by Gasteiger charge is -2.19. The Bertz CT molecular complexity index is 271. The fourth-order valence-electron chi connectivity index (χ4n) is 1.19. The predicted molar refractivity (Wildman–Crippen MR) is 52.4 cm³/mol. The summed E-state index contributed by atoms with van der Waals surface area (Å²) < 4.78 is 4.75. The Hall–Kier alpha value is -1.23. The second kappa shape index (κ2) is 5.60. The van der Waals surface area contributed by atoms with Gasteiger partial charge in [-0.3, -0.25) is 14.4 Å². The van der Waals surface area contributed by atoms with Gasteiger partial charge in [-0.25, -0.2) is 0 Å². The van der Waals surface area contributed by atoms with Gasteiger partial charge in [-0.15, -0.1) is 0 Å². The monoisotopic (exact) mass is 216 g/mol. The number of methoxy groups -OCH3 is 1. The second-order valence-electron chi connectivity index (χ2n) is 3.50. The fraction of sp³-hybridized carbons (Fsp3) is 0.700. The average Bonchev–Trinajstić information content (AvgIpc) is 2.15. The molecule has 0 aliphatic rings. The smallest absolute Gasteiger partial charge is 0.314 e. The largest absolute Gasteiger partial charge is 0.481 e. The zero-order chi connectivity index (χ0) is 12.2. The van der Waals surface area contributed by atoms with Crippen LogP contribution in [0.3, 0.4) is 0 Å². The zero-order valence-electron chi connectivity index (χ0n) is 9.31. The molecular weight excluding hydrogens is 200 g/mol. The average molecular weight is 216 g/mol. The number of aliphatic carboxylic acids is 1. The van der Waals surface area contributed by atoms with Gasteiger partial charge in [0.2, 0.25) is 0 Å². The molecule has 0 aromatic rings. The summed E-state index contributed by atoms with van der Waals surface area (Å²) in [6.45, 7) is 4.16. The Morgan fingerprint density at radius 3 is 1.93 bits per heavy atom. The lowest BCUT2D eigenvalue weighted by atomic mass is 9.85. The Morgan fingerprint density at radius 2 is 1.67 bits per heavy atom. The van der Waals surface area contributed by atoms with Crippen LogP contribution in [0.2, 0.25) is 0 Å². The molecule has 5 nitrogen and oxygen atoms in total. The maximum Gasteiger partial charge on any atom is 0.314 e. The SMILES string of the molecule is COC(C)C(=O)C(C(=O)O)C(C)C(C)=O. The van der Waals surface area contributed by atoms with Gasteiger partial charge >= 0.3 is 5.97 Å².